The summed E-state index contributed by atoms with van der Waals surface area (Å²) < 4.78 is 32.9. The van der Waals surface area contributed by atoms with Crippen molar-refractivity contribution in [1.82, 2.24) is 9.21 Å². The average Bonchev–Trinajstić information content (AvgIpc) is 2.71. The van der Waals surface area contributed by atoms with Crippen LogP contribution in [0.5, 0.6) is 5.75 Å². The molecular formula is C20H30N2O4S. The van der Waals surface area contributed by atoms with Gasteiger partial charge in [-0.2, -0.15) is 4.31 Å². The van der Waals surface area contributed by atoms with Gasteiger partial charge in [0.2, 0.25) is 15.9 Å². The molecule has 0 bridgehead atoms. The number of likely N-dealkylation sites (N-methyl/N-ethyl adjacent to an activating group) is 1. The third-order valence-corrected chi connectivity index (χ3v) is 7.06. The Morgan fingerprint density at radius 3 is 2.56 bits per heavy atom. The number of carbonyl (C=O) groups excluding carboxylic acids is 1. The molecule has 1 unspecified atom stereocenters. The minimum absolute atomic E-state index is 0.111. The molecule has 1 fully saturated rings. The molecule has 1 amide bonds. The Morgan fingerprint density at radius 1 is 1.30 bits per heavy atom. The van der Waals surface area contributed by atoms with E-state index in [1.165, 1.54) is 17.5 Å². The maximum atomic E-state index is 13.0. The fourth-order valence-electron chi connectivity index (χ4n) is 3.02. The number of sulfonamides is 1. The van der Waals surface area contributed by atoms with Gasteiger partial charge < -0.3 is 9.64 Å². The van der Waals surface area contributed by atoms with E-state index in [1.807, 2.05) is 13.8 Å². The highest BCUT2D eigenvalue weighted by Crippen LogP contribution is 2.30. The Balaban J connectivity index is 2.29. The Labute approximate surface area is 162 Å². The van der Waals surface area contributed by atoms with Gasteiger partial charge in [-0.25, -0.2) is 8.42 Å². The molecule has 0 spiro atoms. The van der Waals surface area contributed by atoms with Crippen LogP contribution in [0.2, 0.25) is 0 Å². The SMILES string of the molecule is CCC(C)N(C)C(=O)/C=C/c1ccc(OC)c(S(=O)(=O)N2CCCCC2)c1. The van der Waals surface area contributed by atoms with Gasteiger partial charge in [-0.05, 0) is 50.0 Å². The highest BCUT2D eigenvalue weighted by atomic mass is 32.2. The van der Waals surface area contributed by atoms with Crippen LogP contribution in [0.4, 0.5) is 0 Å². The third-order valence-electron chi connectivity index (χ3n) is 5.14. The van der Waals surface area contributed by atoms with E-state index >= 15 is 0 Å². The Hall–Kier alpha value is -1.86. The molecular weight excluding hydrogens is 364 g/mol. The molecule has 0 radical (unpaired) electrons. The van der Waals surface area contributed by atoms with Gasteiger partial charge in [-0.3, -0.25) is 4.79 Å². The molecule has 1 aliphatic heterocycles. The third kappa shape index (κ3) is 5.11. The van der Waals surface area contributed by atoms with E-state index in [-0.39, 0.29) is 16.8 Å². The van der Waals surface area contributed by atoms with E-state index in [9.17, 15) is 13.2 Å². The Morgan fingerprint density at radius 2 is 1.96 bits per heavy atom. The minimum atomic E-state index is -3.62. The molecule has 1 aliphatic rings. The molecule has 7 heteroatoms. The van der Waals surface area contributed by atoms with Gasteiger partial charge >= 0.3 is 0 Å². The fourth-order valence-corrected chi connectivity index (χ4v) is 4.73. The van der Waals surface area contributed by atoms with Crippen molar-refractivity contribution >= 4 is 22.0 Å². The van der Waals surface area contributed by atoms with Crippen molar-refractivity contribution in [2.75, 3.05) is 27.2 Å². The van der Waals surface area contributed by atoms with Crippen molar-refractivity contribution in [2.45, 2.75) is 50.5 Å². The van der Waals surface area contributed by atoms with Gasteiger partial charge in [0.05, 0.1) is 7.11 Å². The summed E-state index contributed by atoms with van der Waals surface area (Å²) in [7, 11) is -0.393. The Bertz CT molecular complexity index is 783. The summed E-state index contributed by atoms with van der Waals surface area (Å²) in [6.45, 7) is 5.08. The van der Waals surface area contributed by atoms with Crippen LogP contribution in [0.25, 0.3) is 6.08 Å². The smallest absolute Gasteiger partial charge is 0.246 e. The van der Waals surface area contributed by atoms with E-state index in [4.69, 9.17) is 4.74 Å². The highest BCUT2D eigenvalue weighted by Gasteiger charge is 2.29. The highest BCUT2D eigenvalue weighted by molar-refractivity contribution is 7.89. The molecule has 1 heterocycles. The van der Waals surface area contributed by atoms with Crippen LogP contribution >= 0.6 is 0 Å². The van der Waals surface area contributed by atoms with E-state index in [0.29, 0.717) is 24.4 Å². The largest absolute Gasteiger partial charge is 0.495 e. The minimum Gasteiger partial charge on any atom is -0.495 e. The lowest BCUT2D eigenvalue weighted by Gasteiger charge is -2.26. The van der Waals surface area contributed by atoms with Crippen LogP contribution in [-0.4, -0.2) is 56.8 Å². The number of amides is 1. The predicted molar refractivity (Wildman–Crippen MR) is 107 cm³/mol. The number of benzene rings is 1. The summed E-state index contributed by atoms with van der Waals surface area (Å²) in [4.78, 5) is 14.1. The molecule has 150 valence electrons. The lowest BCUT2D eigenvalue weighted by molar-refractivity contribution is -0.126. The van der Waals surface area contributed by atoms with Crippen molar-refractivity contribution < 1.29 is 17.9 Å². The second-order valence-electron chi connectivity index (χ2n) is 6.91. The summed E-state index contributed by atoms with van der Waals surface area (Å²) in [5.41, 5.74) is 0.650. The lowest BCUT2D eigenvalue weighted by atomic mass is 10.2. The maximum Gasteiger partial charge on any atom is 0.246 e. The second-order valence-corrected chi connectivity index (χ2v) is 8.82. The van der Waals surface area contributed by atoms with E-state index in [1.54, 1.807) is 36.2 Å². The van der Waals surface area contributed by atoms with Crippen LogP contribution in [0.1, 0.15) is 45.1 Å². The summed E-state index contributed by atoms with van der Waals surface area (Å²) in [5, 5.41) is 0. The van der Waals surface area contributed by atoms with Crippen LogP contribution < -0.4 is 4.74 Å². The molecule has 6 nitrogen and oxygen atoms in total. The summed E-state index contributed by atoms with van der Waals surface area (Å²) in [5.74, 6) is 0.210. The van der Waals surface area contributed by atoms with Crippen LogP contribution in [0.3, 0.4) is 0 Å². The van der Waals surface area contributed by atoms with Crippen molar-refractivity contribution in [3.63, 3.8) is 0 Å². The molecule has 2 rings (SSSR count). The molecule has 1 aromatic rings. The number of hydrogen-bond donors (Lipinski definition) is 0. The van der Waals surface area contributed by atoms with Crippen LogP contribution in [0.15, 0.2) is 29.2 Å². The molecule has 1 saturated heterocycles. The normalized spacial score (nSPS) is 17.0. The van der Waals surface area contributed by atoms with Crippen LogP contribution in [-0.2, 0) is 14.8 Å². The number of ether oxygens (including phenoxy) is 1. The zero-order valence-electron chi connectivity index (χ0n) is 16.6. The zero-order valence-corrected chi connectivity index (χ0v) is 17.5. The molecule has 1 atom stereocenters. The summed E-state index contributed by atoms with van der Waals surface area (Å²) in [6, 6.07) is 5.11. The summed E-state index contributed by atoms with van der Waals surface area (Å²) >= 11 is 0. The predicted octanol–water partition coefficient (Wildman–Crippen LogP) is 3.14. The fraction of sp³-hybridized carbons (Fsp3) is 0.550. The first kappa shape index (κ1) is 21.4. The van der Waals surface area contributed by atoms with E-state index in [0.717, 1.165) is 25.7 Å². The lowest BCUT2D eigenvalue weighted by Crippen LogP contribution is -2.35. The number of carbonyl (C=O) groups is 1. The number of methoxy groups -OCH3 is 1. The van der Waals surface area contributed by atoms with Gasteiger partial charge in [0.1, 0.15) is 10.6 Å². The van der Waals surface area contributed by atoms with Crippen molar-refractivity contribution in [2.24, 2.45) is 0 Å². The van der Waals surface area contributed by atoms with Crippen LogP contribution in [0, 0.1) is 0 Å². The number of rotatable bonds is 7. The standard InChI is InChI=1S/C20H30N2O4S/c1-5-16(2)21(3)20(23)12-10-17-9-11-18(26-4)19(15-17)27(24,25)22-13-7-6-8-14-22/h9-12,15-16H,5-8,13-14H2,1-4H3/b12-10+. The monoisotopic (exact) mass is 394 g/mol. The molecule has 1 aromatic carbocycles. The quantitative estimate of drug-likeness (QED) is 0.667. The zero-order chi connectivity index (χ0) is 20.0. The maximum absolute atomic E-state index is 13.0. The average molecular weight is 395 g/mol. The molecule has 0 N–H and O–H groups in total. The molecule has 27 heavy (non-hydrogen) atoms. The van der Waals surface area contributed by atoms with Gasteiger partial charge in [-0.15, -0.1) is 0 Å². The van der Waals surface area contributed by atoms with Gasteiger partial charge in [0, 0.05) is 32.3 Å². The first-order valence-electron chi connectivity index (χ1n) is 9.44. The van der Waals surface area contributed by atoms with E-state index in [2.05, 4.69) is 0 Å². The van der Waals surface area contributed by atoms with Gasteiger partial charge in [0.25, 0.3) is 0 Å². The molecule has 0 saturated carbocycles. The molecule has 0 aromatic heterocycles. The van der Waals surface area contributed by atoms with E-state index < -0.39 is 10.0 Å². The molecule has 0 aliphatic carbocycles. The number of piperidine rings is 1. The van der Waals surface area contributed by atoms with Crippen molar-refractivity contribution in [1.29, 1.82) is 0 Å². The van der Waals surface area contributed by atoms with Crippen molar-refractivity contribution in [3.05, 3.63) is 29.8 Å². The van der Waals surface area contributed by atoms with Gasteiger partial charge in [-0.1, -0.05) is 19.4 Å². The van der Waals surface area contributed by atoms with Crippen molar-refractivity contribution in [3.8, 4) is 5.75 Å². The number of nitrogens with zero attached hydrogens (tertiary/aromatic N) is 2. The Kier molecular flexibility index (Phi) is 7.44. The van der Waals surface area contributed by atoms with Gasteiger partial charge in [0.15, 0.2) is 0 Å². The second kappa shape index (κ2) is 9.37. The number of hydrogen-bond acceptors (Lipinski definition) is 4. The summed E-state index contributed by atoms with van der Waals surface area (Å²) in [6.07, 6.45) is 6.80. The first-order chi connectivity index (χ1) is 12.8. The first-order valence-corrected chi connectivity index (χ1v) is 10.9. The topological polar surface area (TPSA) is 66.9 Å².